The predicted octanol–water partition coefficient (Wildman–Crippen LogP) is 10.9. The first kappa shape index (κ1) is 33.4. The van der Waals surface area contributed by atoms with E-state index >= 15 is 0 Å². The third kappa shape index (κ3) is 30.2. The predicted molar refractivity (Wildman–Crippen MR) is 147 cm³/mol. The number of hydrogen-bond donors (Lipinski definition) is 1. The van der Waals surface area contributed by atoms with Crippen LogP contribution in [-0.4, -0.2) is 6.04 Å². The Labute approximate surface area is 204 Å². The summed E-state index contributed by atoms with van der Waals surface area (Å²) in [7, 11) is 0. The summed E-state index contributed by atoms with van der Waals surface area (Å²) in [6.07, 6.45) is 36.9. The third-order valence-corrected chi connectivity index (χ3v) is 6.86. The van der Waals surface area contributed by atoms with Crippen LogP contribution < -0.4 is 5.73 Å². The minimum atomic E-state index is 0. The van der Waals surface area contributed by atoms with Gasteiger partial charge in [-0.15, -0.1) is 12.4 Å². The van der Waals surface area contributed by atoms with Crippen molar-refractivity contribution in [3.05, 3.63) is 0 Å². The van der Waals surface area contributed by atoms with Crippen molar-refractivity contribution < 1.29 is 0 Å². The zero-order valence-electron chi connectivity index (χ0n) is 21.9. The summed E-state index contributed by atoms with van der Waals surface area (Å²) < 4.78 is 0. The summed E-state index contributed by atoms with van der Waals surface area (Å²) in [6, 6.07) is 0.469. The molecule has 0 fully saturated rings. The van der Waals surface area contributed by atoms with E-state index < -0.39 is 0 Å². The van der Waals surface area contributed by atoms with E-state index in [0.29, 0.717) is 6.04 Å². The molecule has 0 spiro atoms. The summed E-state index contributed by atoms with van der Waals surface area (Å²) in [4.78, 5) is 0. The second-order valence-electron chi connectivity index (χ2n) is 10.1. The molecule has 190 valence electrons. The van der Waals surface area contributed by atoms with E-state index in [2.05, 4.69) is 13.8 Å². The van der Waals surface area contributed by atoms with Gasteiger partial charge >= 0.3 is 0 Å². The monoisotopic (exact) mass is 459 g/mol. The van der Waals surface area contributed by atoms with Crippen LogP contribution in [0.2, 0.25) is 0 Å². The molecule has 0 amide bonds. The second kappa shape index (κ2) is 30.2. The first-order chi connectivity index (χ1) is 14.8. The number of unbranched alkanes of at least 4 members (excludes halogenated alkanes) is 22. The van der Waals surface area contributed by atoms with E-state index in [9.17, 15) is 0 Å². The molecule has 0 aliphatic carbocycles. The molecule has 0 rings (SSSR count). The van der Waals surface area contributed by atoms with Gasteiger partial charge in [0.25, 0.3) is 0 Å². The average molecular weight is 460 g/mol. The van der Waals surface area contributed by atoms with Crippen LogP contribution in [0, 0.1) is 0 Å². The van der Waals surface area contributed by atoms with Gasteiger partial charge in [0.15, 0.2) is 0 Å². The lowest BCUT2D eigenvalue weighted by Gasteiger charge is -2.11. The third-order valence-electron chi connectivity index (χ3n) is 6.86. The zero-order valence-corrected chi connectivity index (χ0v) is 22.8. The number of rotatable bonds is 26. The van der Waals surface area contributed by atoms with Gasteiger partial charge in [0.05, 0.1) is 0 Å². The molecule has 0 saturated carbocycles. The molecule has 0 unspecified atom stereocenters. The Kier molecular flexibility index (Phi) is 32.6. The molecular formula is C29H62ClN. The van der Waals surface area contributed by atoms with E-state index in [4.69, 9.17) is 5.73 Å². The number of hydrogen-bond acceptors (Lipinski definition) is 1. The Morgan fingerprint density at radius 1 is 0.355 bits per heavy atom. The smallest absolute Gasteiger partial charge is 0.00388 e. The molecular weight excluding hydrogens is 398 g/mol. The topological polar surface area (TPSA) is 26.0 Å². The average Bonchev–Trinajstić information content (AvgIpc) is 2.75. The van der Waals surface area contributed by atoms with Crippen LogP contribution in [-0.2, 0) is 0 Å². The molecule has 2 N–H and O–H groups in total. The maximum atomic E-state index is 6.33. The molecule has 0 aromatic rings. The summed E-state index contributed by atoms with van der Waals surface area (Å²) >= 11 is 0. The minimum Gasteiger partial charge on any atom is -0.328 e. The molecule has 0 aromatic heterocycles. The highest BCUT2D eigenvalue weighted by Crippen LogP contribution is 2.15. The van der Waals surface area contributed by atoms with Crippen molar-refractivity contribution in [1.82, 2.24) is 0 Å². The molecule has 0 aliphatic heterocycles. The van der Waals surface area contributed by atoms with E-state index in [1.54, 1.807) is 0 Å². The molecule has 0 heterocycles. The molecule has 0 aromatic carbocycles. The highest BCUT2D eigenvalue weighted by atomic mass is 35.5. The SMILES string of the molecule is CCCCCCCCCCCCCCC(N)CCCCCCCCCCCCCC.Cl. The van der Waals surface area contributed by atoms with Crippen molar-refractivity contribution in [2.24, 2.45) is 5.73 Å². The molecule has 1 nitrogen and oxygen atoms in total. The van der Waals surface area contributed by atoms with Crippen molar-refractivity contribution >= 4 is 12.4 Å². The Hall–Kier alpha value is 0.250. The zero-order chi connectivity index (χ0) is 22.0. The van der Waals surface area contributed by atoms with Gasteiger partial charge in [-0.1, -0.05) is 168 Å². The highest BCUT2D eigenvalue weighted by molar-refractivity contribution is 5.85. The molecule has 31 heavy (non-hydrogen) atoms. The van der Waals surface area contributed by atoms with Crippen LogP contribution in [0.5, 0.6) is 0 Å². The fourth-order valence-corrected chi connectivity index (χ4v) is 4.64. The summed E-state index contributed by atoms with van der Waals surface area (Å²) in [5, 5.41) is 0. The van der Waals surface area contributed by atoms with Crippen LogP contribution in [0.3, 0.4) is 0 Å². The summed E-state index contributed by atoms with van der Waals surface area (Å²) in [5.74, 6) is 0. The van der Waals surface area contributed by atoms with Gasteiger partial charge in [0.1, 0.15) is 0 Å². The first-order valence-electron chi connectivity index (χ1n) is 14.6. The van der Waals surface area contributed by atoms with Crippen molar-refractivity contribution in [1.29, 1.82) is 0 Å². The van der Waals surface area contributed by atoms with Crippen LogP contribution in [0.1, 0.15) is 181 Å². The van der Waals surface area contributed by atoms with Gasteiger partial charge in [-0.2, -0.15) is 0 Å². The molecule has 0 atom stereocenters. The molecule has 0 saturated heterocycles. The standard InChI is InChI=1S/C29H61N.ClH/c1-3-5-7-9-11-13-15-17-19-21-23-25-27-29(30)28-26-24-22-20-18-16-14-12-10-8-6-4-2;/h29H,3-28,30H2,1-2H3;1H. The lowest BCUT2D eigenvalue weighted by molar-refractivity contribution is 0.478. The van der Waals surface area contributed by atoms with E-state index in [1.165, 1.54) is 167 Å². The summed E-state index contributed by atoms with van der Waals surface area (Å²) in [5.41, 5.74) is 6.33. The van der Waals surface area contributed by atoms with E-state index in [0.717, 1.165) is 0 Å². The Balaban J connectivity index is 0. The van der Waals surface area contributed by atoms with E-state index in [-0.39, 0.29) is 12.4 Å². The van der Waals surface area contributed by atoms with Gasteiger partial charge in [0, 0.05) is 6.04 Å². The number of nitrogens with two attached hydrogens (primary N) is 1. The maximum Gasteiger partial charge on any atom is 0.00388 e. The lowest BCUT2D eigenvalue weighted by atomic mass is 10.00. The van der Waals surface area contributed by atoms with Crippen molar-refractivity contribution in [3.8, 4) is 0 Å². The molecule has 0 radical (unpaired) electrons. The quantitative estimate of drug-likeness (QED) is 0.128. The Morgan fingerprint density at radius 2 is 0.548 bits per heavy atom. The molecule has 0 aliphatic rings. The number of halogens is 1. The molecule has 2 heteroatoms. The van der Waals surface area contributed by atoms with E-state index in [1.807, 2.05) is 0 Å². The maximum absolute atomic E-state index is 6.33. The lowest BCUT2D eigenvalue weighted by Crippen LogP contribution is -2.19. The van der Waals surface area contributed by atoms with Crippen LogP contribution in [0.15, 0.2) is 0 Å². The van der Waals surface area contributed by atoms with Gasteiger partial charge in [0.2, 0.25) is 0 Å². The molecule has 0 bridgehead atoms. The van der Waals surface area contributed by atoms with Crippen molar-refractivity contribution in [3.63, 3.8) is 0 Å². The Bertz CT molecular complexity index is 266. The first-order valence-corrected chi connectivity index (χ1v) is 14.6. The fraction of sp³-hybridized carbons (Fsp3) is 1.00. The normalized spacial score (nSPS) is 11.2. The van der Waals surface area contributed by atoms with Crippen molar-refractivity contribution in [2.75, 3.05) is 0 Å². The van der Waals surface area contributed by atoms with Gasteiger partial charge in [-0.25, -0.2) is 0 Å². The summed E-state index contributed by atoms with van der Waals surface area (Å²) in [6.45, 7) is 4.60. The van der Waals surface area contributed by atoms with Gasteiger partial charge in [-0.3, -0.25) is 0 Å². The van der Waals surface area contributed by atoms with Crippen LogP contribution in [0.4, 0.5) is 0 Å². The van der Waals surface area contributed by atoms with Crippen LogP contribution >= 0.6 is 12.4 Å². The highest BCUT2D eigenvalue weighted by Gasteiger charge is 2.02. The largest absolute Gasteiger partial charge is 0.328 e. The minimum absolute atomic E-state index is 0. The second-order valence-corrected chi connectivity index (χ2v) is 10.1. The Morgan fingerprint density at radius 3 is 0.774 bits per heavy atom. The van der Waals surface area contributed by atoms with Gasteiger partial charge in [-0.05, 0) is 12.8 Å². The van der Waals surface area contributed by atoms with Gasteiger partial charge < -0.3 is 5.73 Å². The van der Waals surface area contributed by atoms with Crippen LogP contribution in [0.25, 0.3) is 0 Å². The fourth-order valence-electron chi connectivity index (χ4n) is 4.64. The van der Waals surface area contributed by atoms with Crippen molar-refractivity contribution in [2.45, 2.75) is 187 Å².